The zero-order valence-corrected chi connectivity index (χ0v) is 13.3. The van der Waals surface area contributed by atoms with Crippen molar-refractivity contribution in [1.29, 1.82) is 0 Å². The molecule has 0 amide bonds. The highest BCUT2D eigenvalue weighted by Crippen LogP contribution is 2.42. The van der Waals surface area contributed by atoms with Crippen molar-refractivity contribution in [2.24, 2.45) is 0 Å². The number of anilines is 1. The van der Waals surface area contributed by atoms with E-state index < -0.39 is 18.8 Å². The highest BCUT2D eigenvalue weighted by Gasteiger charge is 2.41. The van der Waals surface area contributed by atoms with Crippen LogP contribution >= 0.6 is 11.6 Å². The van der Waals surface area contributed by atoms with Crippen LogP contribution < -0.4 is 15.2 Å². The largest absolute Gasteiger partial charge is 0.489 e. The van der Waals surface area contributed by atoms with E-state index in [0.29, 0.717) is 22.3 Å². The summed E-state index contributed by atoms with van der Waals surface area (Å²) in [5, 5.41) is 9.98. The Balaban J connectivity index is 2.11. The van der Waals surface area contributed by atoms with Crippen LogP contribution in [0.15, 0.2) is 23.0 Å². The summed E-state index contributed by atoms with van der Waals surface area (Å²) in [5.41, 5.74) is 0.427. The third-order valence-corrected chi connectivity index (χ3v) is 4.25. The molecule has 0 spiro atoms. The summed E-state index contributed by atoms with van der Waals surface area (Å²) >= 11 is 6.11. The Labute approximate surface area is 139 Å². The normalized spacial score (nSPS) is 19.1. The number of ether oxygens (including phenoxy) is 1. The Kier molecular flexibility index (Phi) is 4.13. The third kappa shape index (κ3) is 2.91. The van der Waals surface area contributed by atoms with E-state index in [1.54, 1.807) is 19.1 Å². The van der Waals surface area contributed by atoms with Crippen molar-refractivity contribution in [3.8, 4) is 5.75 Å². The highest BCUT2D eigenvalue weighted by atomic mass is 35.5. The number of nitrogens with zero attached hydrogens (tertiary/aromatic N) is 1. The van der Waals surface area contributed by atoms with Crippen LogP contribution in [0.4, 0.5) is 18.9 Å². The fraction of sp³-hybridized carbons (Fsp3) is 0.400. The van der Waals surface area contributed by atoms with Gasteiger partial charge in [-0.05, 0) is 19.1 Å². The zero-order chi connectivity index (χ0) is 17.6. The third-order valence-electron chi connectivity index (χ3n) is 3.95. The molecule has 1 aromatic heterocycles. The number of fused-ring (bicyclic) bond motifs is 3. The van der Waals surface area contributed by atoms with Crippen molar-refractivity contribution in [1.82, 2.24) is 4.98 Å². The number of rotatable bonds is 2. The molecule has 2 atom stereocenters. The number of aliphatic hydroxyl groups excluding tert-OH is 1. The lowest BCUT2D eigenvalue weighted by Gasteiger charge is -2.38. The number of H-pyrrole nitrogens is 1. The first-order valence-corrected chi connectivity index (χ1v) is 7.56. The average molecular weight is 363 g/mol. The Morgan fingerprint density at radius 3 is 2.88 bits per heavy atom. The minimum atomic E-state index is -4.71. The fourth-order valence-corrected chi connectivity index (χ4v) is 3.03. The van der Waals surface area contributed by atoms with Gasteiger partial charge in [-0.15, -0.1) is 0 Å². The van der Waals surface area contributed by atoms with Crippen molar-refractivity contribution in [2.75, 3.05) is 18.1 Å². The number of halogens is 4. The standard InChI is InChI=1S/C15H14ClF3N2O3/c1-7-6-24-14-10(21(7)5-11(22)15(17,18)19)3-2-9-13(14)8(16)4-12(23)20-9/h2-4,7,11,22H,5-6H2,1H3,(H,20,23)/t7-,11+/m1/s1. The summed E-state index contributed by atoms with van der Waals surface area (Å²) in [5.74, 6) is 0.293. The van der Waals surface area contributed by atoms with Crippen LogP contribution in [0.2, 0.25) is 5.02 Å². The van der Waals surface area contributed by atoms with Gasteiger partial charge in [-0.25, -0.2) is 0 Å². The van der Waals surface area contributed by atoms with E-state index in [2.05, 4.69) is 4.98 Å². The molecule has 130 valence electrons. The maximum absolute atomic E-state index is 12.7. The van der Waals surface area contributed by atoms with Crippen molar-refractivity contribution in [3.05, 3.63) is 33.6 Å². The number of hydrogen-bond acceptors (Lipinski definition) is 4. The monoisotopic (exact) mass is 362 g/mol. The smallest absolute Gasteiger partial charge is 0.416 e. The topological polar surface area (TPSA) is 65.6 Å². The first kappa shape index (κ1) is 16.9. The minimum Gasteiger partial charge on any atom is -0.489 e. The zero-order valence-electron chi connectivity index (χ0n) is 12.5. The molecule has 2 heterocycles. The van der Waals surface area contributed by atoms with Crippen LogP contribution in [0.3, 0.4) is 0 Å². The van der Waals surface area contributed by atoms with Gasteiger partial charge in [0.05, 0.1) is 34.2 Å². The molecule has 0 bridgehead atoms. The van der Waals surface area contributed by atoms with Gasteiger partial charge in [0, 0.05) is 6.07 Å². The van der Waals surface area contributed by atoms with Gasteiger partial charge in [-0.3, -0.25) is 4.79 Å². The second-order valence-corrected chi connectivity index (χ2v) is 6.09. The lowest BCUT2D eigenvalue weighted by Crippen LogP contribution is -2.48. The molecule has 0 saturated heterocycles. The van der Waals surface area contributed by atoms with E-state index in [1.165, 1.54) is 11.0 Å². The molecule has 5 nitrogen and oxygen atoms in total. The Morgan fingerprint density at radius 1 is 1.50 bits per heavy atom. The molecule has 0 saturated carbocycles. The second kappa shape index (κ2) is 5.86. The number of benzene rings is 1. The number of nitrogens with one attached hydrogen (secondary N) is 1. The molecule has 3 rings (SSSR count). The van der Waals surface area contributed by atoms with Crippen LogP contribution in [-0.2, 0) is 0 Å². The van der Waals surface area contributed by atoms with Gasteiger partial charge in [-0.2, -0.15) is 13.2 Å². The summed E-state index contributed by atoms with van der Waals surface area (Å²) in [6.07, 6.45) is -7.19. The van der Waals surface area contributed by atoms with Crippen molar-refractivity contribution >= 4 is 28.2 Å². The van der Waals surface area contributed by atoms with Crippen LogP contribution in [0.5, 0.6) is 5.75 Å². The lowest BCUT2D eigenvalue weighted by atomic mass is 10.1. The van der Waals surface area contributed by atoms with Gasteiger partial charge in [0.1, 0.15) is 6.61 Å². The second-order valence-electron chi connectivity index (χ2n) is 5.69. The number of aromatic nitrogens is 1. The maximum atomic E-state index is 12.7. The first-order valence-electron chi connectivity index (χ1n) is 7.18. The predicted octanol–water partition coefficient (Wildman–Crippen LogP) is 2.69. The number of alkyl halides is 3. The van der Waals surface area contributed by atoms with E-state index in [9.17, 15) is 23.1 Å². The molecule has 24 heavy (non-hydrogen) atoms. The molecule has 0 radical (unpaired) electrons. The Morgan fingerprint density at radius 2 is 2.21 bits per heavy atom. The van der Waals surface area contributed by atoms with Crippen LogP contribution in [0, 0.1) is 0 Å². The van der Waals surface area contributed by atoms with Gasteiger partial charge in [-0.1, -0.05) is 11.6 Å². The average Bonchev–Trinajstić information content (AvgIpc) is 2.47. The molecule has 2 N–H and O–H groups in total. The lowest BCUT2D eigenvalue weighted by molar-refractivity contribution is -0.200. The van der Waals surface area contributed by atoms with Crippen LogP contribution in [0.25, 0.3) is 10.9 Å². The highest BCUT2D eigenvalue weighted by molar-refractivity contribution is 6.36. The summed E-state index contributed by atoms with van der Waals surface area (Å²) < 4.78 is 43.8. The number of aromatic amines is 1. The van der Waals surface area contributed by atoms with E-state index in [-0.39, 0.29) is 23.2 Å². The van der Waals surface area contributed by atoms with Gasteiger partial charge >= 0.3 is 6.18 Å². The molecule has 1 aliphatic heterocycles. The van der Waals surface area contributed by atoms with Crippen molar-refractivity contribution in [3.63, 3.8) is 0 Å². The molecular formula is C15H14ClF3N2O3. The van der Waals surface area contributed by atoms with Gasteiger partial charge in [0.25, 0.3) is 0 Å². The number of hydrogen-bond donors (Lipinski definition) is 2. The summed E-state index contributed by atoms with van der Waals surface area (Å²) in [7, 11) is 0. The van der Waals surface area contributed by atoms with E-state index in [1.807, 2.05) is 0 Å². The van der Waals surface area contributed by atoms with Crippen molar-refractivity contribution in [2.45, 2.75) is 25.2 Å². The first-order chi connectivity index (χ1) is 11.2. The van der Waals surface area contributed by atoms with Gasteiger partial charge < -0.3 is 19.7 Å². The number of β-amino-alcohol motifs (C(OH)–C–C–N with tert-alkyl or cyclic N) is 1. The summed E-state index contributed by atoms with van der Waals surface area (Å²) in [6.45, 7) is 1.21. The SMILES string of the molecule is C[C@@H]1COc2c(ccc3[nH]c(=O)cc(Cl)c23)N1C[C@H](O)C(F)(F)F. The maximum Gasteiger partial charge on any atom is 0.416 e. The quantitative estimate of drug-likeness (QED) is 0.862. The number of pyridine rings is 1. The van der Waals surface area contributed by atoms with E-state index in [0.717, 1.165) is 0 Å². The van der Waals surface area contributed by atoms with Gasteiger partial charge in [0.2, 0.25) is 5.56 Å². The van der Waals surface area contributed by atoms with E-state index in [4.69, 9.17) is 16.3 Å². The van der Waals surface area contributed by atoms with Gasteiger partial charge in [0.15, 0.2) is 11.9 Å². The molecule has 0 unspecified atom stereocenters. The molecular weight excluding hydrogens is 349 g/mol. The Hall–Kier alpha value is -1.93. The summed E-state index contributed by atoms with van der Waals surface area (Å²) in [6, 6.07) is 3.91. The van der Waals surface area contributed by atoms with Crippen LogP contribution in [-0.4, -0.2) is 41.6 Å². The summed E-state index contributed by atoms with van der Waals surface area (Å²) in [4.78, 5) is 15.5. The van der Waals surface area contributed by atoms with Crippen LogP contribution in [0.1, 0.15) is 6.92 Å². The van der Waals surface area contributed by atoms with Crippen molar-refractivity contribution < 1.29 is 23.0 Å². The fourth-order valence-electron chi connectivity index (χ4n) is 2.74. The molecule has 1 aliphatic rings. The Bertz CT molecular complexity index is 837. The predicted molar refractivity (Wildman–Crippen MR) is 83.9 cm³/mol. The number of aliphatic hydroxyl groups is 1. The molecule has 0 aliphatic carbocycles. The van der Waals surface area contributed by atoms with E-state index >= 15 is 0 Å². The minimum absolute atomic E-state index is 0.131. The molecule has 9 heteroatoms. The molecule has 1 aromatic carbocycles. The molecule has 0 fully saturated rings. The molecule has 2 aromatic rings.